The second-order valence-corrected chi connectivity index (χ2v) is 8.91. The van der Waals surface area contributed by atoms with Crippen molar-refractivity contribution < 1.29 is 14.3 Å². The van der Waals surface area contributed by atoms with Gasteiger partial charge in [-0.25, -0.2) is 0 Å². The lowest BCUT2D eigenvalue weighted by Gasteiger charge is -2.32. The van der Waals surface area contributed by atoms with Gasteiger partial charge in [0.2, 0.25) is 11.8 Å². The molecule has 0 aliphatic carbocycles. The van der Waals surface area contributed by atoms with Crippen LogP contribution in [0.4, 0.5) is 0 Å². The van der Waals surface area contributed by atoms with Crippen molar-refractivity contribution in [1.29, 1.82) is 0 Å². The average molecular weight is 462 g/mol. The Morgan fingerprint density at radius 2 is 1.78 bits per heavy atom. The van der Waals surface area contributed by atoms with Gasteiger partial charge in [-0.15, -0.1) is 11.6 Å². The highest BCUT2D eigenvalue weighted by atomic mass is 35.5. The van der Waals surface area contributed by atoms with E-state index in [-0.39, 0.29) is 24.2 Å². The number of amides is 2. The summed E-state index contributed by atoms with van der Waals surface area (Å²) < 4.78 is 7.44. The monoisotopic (exact) mass is 461 g/mol. The molecule has 0 atom stereocenters. The third-order valence-corrected chi connectivity index (χ3v) is 6.09. The van der Waals surface area contributed by atoms with Gasteiger partial charge in [0.05, 0.1) is 18.5 Å². The van der Waals surface area contributed by atoms with Gasteiger partial charge >= 0.3 is 0 Å². The maximum atomic E-state index is 13.5. The predicted octanol–water partition coefficient (Wildman–Crippen LogP) is 4.07. The molecule has 0 unspecified atom stereocenters. The zero-order chi connectivity index (χ0) is 23.6. The Labute approximate surface area is 197 Å². The number of hydrogen-bond acceptors (Lipinski definition) is 3. The third kappa shape index (κ3) is 7.68. The highest BCUT2D eigenvalue weighted by molar-refractivity contribution is 6.19. The summed E-state index contributed by atoms with van der Waals surface area (Å²) in [5.74, 6) is -0.0138. The van der Waals surface area contributed by atoms with Crippen molar-refractivity contribution in [2.45, 2.75) is 40.3 Å². The molecule has 7 heteroatoms. The van der Waals surface area contributed by atoms with Gasteiger partial charge in [0, 0.05) is 51.1 Å². The van der Waals surface area contributed by atoms with E-state index in [1.54, 1.807) is 9.80 Å². The lowest BCUT2D eigenvalue weighted by molar-refractivity contribution is -0.146. The maximum Gasteiger partial charge on any atom is 0.242 e. The first kappa shape index (κ1) is 25.9. The van der Waals surface area contributed by atoms with Crippen LogP contribution in [0.5, 0.6) is 0 Å². The van der Waals surface area contributed by atoms with E-state index in [2.05, 4.69) is 0 Å². The van der Waals surface area contributed by atoms with Crippen molar-refractivity contribution in [3.63, 3.8) is 0 Å². The Bertz CT molecular complexity index is 851. The van der Waals surface area contributed by atoms with Gasteiger partial charge in [0.1, 0.15) is 0 Å². The van der Waals surface area contributed by atoms with E-state index in [9.17, 15) is 9.59 Å². The number of aromatic nitrogens is 1. The molecule has 0 bridgehead atoms. The number of halogens is 1. The van der Waals surface area contributed by atoms with Crippen LogP contribution in [0.1, 0.15) is 38.4 Å². The molecule has 176 valence electrons. The number of carbonyl (C=O) groups excluding carboxylic acids is 2. The number of alkyl halides is 1. The van der Waals surface area contributed by atoms with E-state index in [1.165, 1.54) is 0 Å². The van der Waals surface area contributed by atoms with Crippen LogP contribution in [0.2, 0.25) is 0 Å². The minimum atomic E-state index is -0.740. The van der Waals surface area contributed by atoms with E-state index in [4.69, 9.17) is 16.3 Å². The molecule has 0 fully saturated rings. The normalized spacial score (nSPS) is 11.4. The summed E-state index contributed by atoms with van der Waals surface area (Å²) in [7, 11) is 1.97. The van der Waals surface area contributed by atoms with Crippen molar-refractivity contribution >= 4 is 23.4 Å². The fraction of sp³-hybridized carbons (Fsp3) is 0.520. The number of nitrogens with zero attached hydrogens (tertiary/aromatic N) is 3. The molecule has 2 aromatic rings. The SMILES string of the molecule is CCOCCCN(CC(=O)N(Cc1ccccc1)Cc1cccn1C)C(=O)C(C)(C)CCl. The van der Waals surface area contributed by atoms with Crippen molar-refractivity contribution in [2.75, 3.05) is 32.2 Å². The highest BCUT2D eigenvalue weighted by Gasteiger charge is 2.33. The summed E-state index contributed by atoms with van der Waals surface area (Å²) in [5, 5.41) is 0. The van der Waals surface area contributed by atoms with Gasteiger partial charge in [-0.1, -0.05) is 30.3 Å². The summed E-state index contributed by atoms with van der Waals surface area (Å²) in [6.07, 6.45) is 2.63. The van der Waals surface area contributed by atoms with Crippen LogP contribution in [0.3, 0.4) is 0 Å². The van der Waals surface area contributed by atoms with Crippen molar-refractivity contribution in [3.05, 3.63) is 59.9 Å². The van der Waals surface area contributed by atoms with Crippen LogP contribution in [-0.4, -0.2) is 58.4 Å². The second kappa shape index (κ2) is 12.7. The number of carbonyl (C=O) groups is 2. The molecule has 0 saturated heterocycles. The van der Waals surface area contributed by atoms with Crippen LogP contribution in [-0.2, 0) is 34.5 Å². The number of rotatable bonds is 13. The first-order valence-electron chi connectivity index (χ1n) is 11.1. The molecule has 1 aromatic heterocycles. The van der Waals surface area contributed by atoms with Crippen LogP contribution in [0.25, 0.3) is 0 Å². The van der Waals surface area contributed by atoms with Gasteiger partial charge in [-0.05, 0) is 44.9 Å². The van der Waals surface area contributed by atoms with Crippen molar-refractivity contribution in [3.8, 4) is 0 Å². The van der Waals surface area contributed by atoms with Gasteiger partial charge < -0.3 is 19.1 Å². The summed E-state index contributed by atoms with van der Waals surface area (Å²) >= 11 is 6.06. The molecule has 0 spiro atoms. The molecule has 0 aliphatic heterocycles. The molecule has 1 aromatic carbocycles. The lowest BCUT2D eigenvalue weighted by atomic mass is 9.94. The fourth-order valence-corrected chi connectivity index (χ4v) is 3.51. The molecule has 2 amide bonds. The number of ether oxygens (including phenoxy) is 1. The molecular formula is C25H36ClN3O3. The van der Waals surface area contributed by atoms with Crippen molar-refractivity contribution in [2.24, 2.45) is 12.5 Å². The minimum absolute atomic E-state index is 0.0164. The summed E-state index contributed by atoms with van der Waals surface area (Å²) in [6, 6.07) is 13.9. The number of aryl methyl sites for hydroxylation is 1. The molecule has 2 rings (SSSR count). The fourth-order valence-electron chi connectivity index (χ4n) is 3.40. The Balaban J connectivity index is 2.20. The van der Waals surface area contributed by atoms with E-state index in [0.29, 0.717) is 39.3 Å². The van der Waals surface area contributed by atoms with Gasteiger partial charge in [-0.2, -0.15) is 0 Å². The van der Waals surface area contributed by atoms with E-state index < -0.39 is 5.41 Å². The largest absolute Gasteiger partial charge is 0.382 e. The predicted molar refractivity (Wildman–Crippen MR) is 128 cm³/mol. The zero-order valence-corrected chi connectivity index (χ0v) is 20.5. The first-order chi connectivity index (χ1) is 15.3. The maximum absolute atomic E-state index is 13.5. The Hall–Kier alpha value is -2.31. The summed E-state index contributed by atoms with van der Waals surface area (Å²) in [4.78, 5) is 30.1. The Morgan fingerprint density at radius 1 is 1.06 bits per heavy atom. The topological polar surface area (TPSA) is 54.8 Å². The molecule has 1 heterocycles. The van der Waals surface area contributed by atoms with Crippen LogP contribution in [0.15, 0.2) is 48.7 Å². The first-order valence-corrected chi connectivity index (χ1v) is 11.7. The number of hydrogen-bond donors (Lipinski definition) is 0. The highest BCUT2D eigenvalue weighted by Crippen LogP contribution is 2.21. The second-order valence-electron chi connectivity index (χ2n) is 8.64. The number of benzene rings is 1. The Morgan fingerprint density at radius 3 is 2.38 bits per heavy atom. The molecule has 0 aliphatic rings. The molecule has 6 nitrogen and oxygen atoms in total. The van der Waals surface area contributed by atoms with Gasteiger partial charge in [0.25, 0.3) is 0 Å². The van der Waals surface area contributed by atoms with Crippen LogP contribution in [0, 0.1) is 5.41 Å². The zero-order valence-electron chi connectivity index (χ0n) is 19.7. The van der Waals surface area contributed by atoms with Gasteiger partial charge in [0.15, 0.2) is 0 Å². The molecule has 32 heavy (non-hydrogen) atoms. The van der Waals surface area contributed by atoms with E-state index >= 15 is 0 Å². The van der Waals surface area contributed by atoms with E-state index in [1.807, 2.05) is 81.0 Å². The molecular weight excluding hydrogens is 426 g/mol. The smallest absolute Gasteiger partial charge is 0.242 e. The molecule has 0 radical (unpaired) electrons. The van der Waals surface area contributed by atoms with Crippen LogP contribution < -0.4 is 0 Å². The Kier molecular flexibility index (Phi) is 10.3. The minimum Gasteiger partial charge on any atom is -0.382 e. The summed E-state index contributed by atoms with van der Waals surface area (Å²) in [6.45, 7) is 8.16. The third-order valence-electron chi connectivity index (χ3n) is 5.42. The standard InChI is InChI=1S/C25H36ClN3O3/c1-5-32-16-10-15-28(24(31)25(2,3)20-26)19-23(30)29(17-21-11-7-6-8-12-21)18-22-13-9-14-27(22)4/h6-9,11-14H,5,10,15-20H2,1-4H3. The van der Waals surface area contributed by atoms with Gasteiger partial charge in [-0.3, -0.25) is 9.59 Å². The average Bonchev–Trinajstić information content (AvgIpc) is 3.19. The molecule has 0 N–H and O–H groups in total. The molecule has 0 saturated carbocycles. The lowest BCUT2D eigenvalue weighted by Crippen LogP contribution is -2.48. The van der Waals surface area contributed by atoms with Crippen LogP contribution >= 0.6 is 11.6 Å². The van der Waals surface area contributed by atoms with E-state index in [0.717, 1.165) is 11.3 Å². The van der Waals surface area contributed by atoms with Crippen molar-refractivity contribution in [1.82, 2.24) is 14.4 Å². The summed E-state index contributed by atoms with van der Waals surface area (Å²) in [5.41, 5.74) is 1.34. The quantitative estimate of drug-likeness (QED) is 0.333.